The summed E-state index contributed by atoms with van der Waals surface area (Å²) >= 11 is 0. The molecule has 10 heteroatoms. The number of nitrogens with one attached hydrogen (secondary N) is 5. The Labute approximate surface area is 266 Å². The van der Waals surface area contributed by atoms with Crippen LogP contribution in [-0.4, -0.2) is 59.7 Å². The Balaban J connectivity index is 2.08. The van der Waals surface area contributed by atoms with E-state index in [-0.39, 0.29) is 30.6 Å². The average Bonchev–Trinajstić information content (AvgIpc) is 2.98. The Hall–Kier alpha value is -4.21. The van der Waals surface area contributed by atoms with E-state index in [1.165, 1.54) is 0 Å². The summed E-state index contributed by atoms with van der Waals surface area (Å²) in [6.07, 6.45) is 0.988. The maximum atomic E-state index is 13.9. The van der Waals surface area contributed by atoms with Gasteiger partial charge in [0.2, 0.25) is 29.5 Å². The van der Waals surface area contributed by atoms with E-state index in [1.807, 2.05) is 88.4 Å². The van der Waals surface area contributed by atoms with E-state index in [2.05, 4.69) is 26.6 Å². The van der Waals surface area contributed by atoms with Crippen LogP contribution in [0.1, 0.15) is 65.5 Å². The van der Waals surface area contributed by atoms with Crippen molar-refractivity contribution in [2.24, 2.45) is 17.8 Å². The van der Waals surface area contributed by atoms with Crippen molar-refractivity contribution in [1.29, 1.82) is 0 Å². The Morgan fingerprint density at radius 3 is 1.18 bits per heavy atom. The van der Waals surface area contributed by atoms with Crippen molar-refractivity contribution in [3.05, 3.63) is 71.8 Å². The van der Waals surface area contributed by atoms with Gasteiger partial charge < -0.3 is 26.6 Å². The van der Waals surface area contributed by atoms with Gasteiger partial charge in [0, 0.05) is 12.8 Å². The number of rotatable bonds is 9. The lowest BCUT2D eigenvalue weighted by Gasteiger charge is -2.28. The van der Waals surface area contributed by atoms with E-state index in [4.69, 9.17) is 0 Å². The summed E-state index contributed by atoms with van der Waals surface area (Å²) in [5.74, 6) is -2.81. The lowest BCUT2D eigenvalue weighted by Crippen LogP contribution is -2.59. The summed E-state index contributed by atoms with van der Waals surface area (Å²) in [6, 6.07) is 13.6. The minimum Gasteiger partial charge on any atom is -0.343 e. The molecular weight excluding hydrogens is 570 g/mol. The second-order valence-corrected chi connectivity index (χ2v) is 13.1. The zero-order valence-electron chi connectivity index (χ0n) is 27.3. The van der Waals surface area contributed by atoms with Gasteiger partial charge in [0.05, 0.1) is 0 Å². The highest BCUT2D eigenvalue weighted by atomic mass is 16.2. The normalized spacial score (nSPS) is 23.8. The van der Waals surface area contributed by atoms with E-state index >= 15 is 0 Å². The third kappa shape index (κ3) is 11.0. The number of carbonyl (C=O) groups is 5. The number of carbonyl (C=O) groups excluding carboxylic acids is 5. The molecule has 1 heterocycles. The summed E-state index contributed by atoms with van der Waals surface area (Å²) in [7, 11) is 0. The van der Waals surface area contributed by atoms with Crippen molar-refractivity contribution in [2.75, 3.05) is 0 Å². The highest BCUT2D eigenvalue weighted by Gasteiger charge is 2.35. The van der Waals surface area contributed by atoms with Gasteiger partial charge in [0.25, 0.3) is 0 Å². The van der Waals surface area contributed by atoms with Crippen LogP contribution in [0.3, 0.4) is 0 Å². The molecule has 0 unspecified atom stereocenters. The van der Waals surface area contributed by atoms with Gasteiger partial charge in [0.1, 0.15) is 30.2 Å². The molecule has 0 radical (unpaired) electrons. The monoisotopic (exact) mass is 619 g/mol. The quantitative estimate of drug-likeness (QED) is 0.293. The molecule has 2 aromatic rings. The van der Waals surface area contributed by atoms with Crippen LogP contribution in [0.4, 0.5) is 0 Å². The first-order valence-corrected chi connectivity index (χ1v) is 15.9. The number of hydrogen-bond acceptors (Lipinski definition) is 5. The smallest absolute Gasteiger partial charge is 0.243 e. The van der Waals surface area contributed by atoms with Crippen molar-refractivity contribution in [2.45, 2.75) is 97.4 Å². The first kappa shape index (κ1) is 35.3. The number of amides is 5. The Kier molecular flexibility index (Phi) is 13.1. The molecule has 3 rings (SSSR count). The zero-order chi connectivity index (χ0) is 33.1. The molecule has 2 aromatic carbocycles. The molecular formula is C35H49N5O5. The van der Waals surface area contributed by atoms with Crippen LogP contribution in [0.2, 0.25) is 0 Å². The van der Waals surface area contributed by atoms with Crippen LogP contribution in [0.15, 0.2) is 60.7 Å². The van der Waals surface area contributed by atoms with Crippen molar-refractivity contribution in [3.63, 3.8) is 0 Å². The maximum absolute atomic E-state index is 13.9. The minimum atomic E-state index is -1.03. The molecule has 5 N–H and O–H groups in total. The van der Waals surface area contributed by atoms with E-state index in [0.29, 0.717) is 12.8 Å². The molecule has 1 saturated heterocycles. The predicted molar refractivity (Wildman–Crippen MR) is 174 cm³/mol. The molecule has 1 aliphatic heterocycles. The Morgan fingerprint density at radius 1 is 0.467 bits per heavy atom. The van der Waals surface area contributed by atoms with Gasteiger partial charge in [-0.25, -0.2) is 0 Å². The molecule has 0 saturated carbocycles. The summed E-state index contributed by atoms with van der Waals surface area (Å²) in [4.78, 5) is 68.8. The van der Waals surface area contributed by atoms with E-state index in [1.54, 1.807) is 13.8 Å². The number of hydrogen-bond donors (Lipinski definition) is 5. The molecule has 1 aliphatic rings. The maximum Gasteiger partial charge on any atom is 0.243 e. The largest absolute Gasteiger partial charge is 0.343 e. The zero-order valence-corrected chi connectivity index (χ0v) is 27.3. The van der Waals surface area contributed by atoms with E-state index < -0.39 is 59.7 Å². The third-order valence-electron chi connectivity index (χ3n) is 7.76. The fraction of sp³-hybridized carbons (Fsp3) is 0.514. The predicted octanol–water partition coefficient (Wildman–Crippen LogP) is 2.66. The Bertz CT molecular complexity index is 1250. The standard InChI is InChI=1S/C35H49N5O5/c1-21(2)17-26-31(41)37-29(20-25-15-11-8-12-16-25)33(43)38-28(19-24-13-9-7-10-14-24)32(42)36-27(18-22(3)4)34(44)40-30(23(5)6)35(45)39-26/h7-16,21-23,26-30H,17-20H2,1-6H3,(H,36,42)(H,37,41)(H,38,43)(H,39,45)(H,40,44)/t26-,27+,28+,29-,30+/m1/s1. The van der Waals surface area contributed by atoms with Crippen LogP contribution in [0.5, 0.6) is 0 Å². The summed E-state index contributed by atoms with van der Waals surface area (Å²) < 4.78 is 0. The molecule has 45 heavy (non-hydrogen) atoms. The molecule has 5 atom stereocenters. The third-order valence-corrected chi connectivity index (χ3v) is 7.76. The molecule has 0 aromatic heterocycles. The van der Waals surface area contributed by atoms with Gasteiger partial charge in [0.15, 0.2) is 0 Å². The molecule has 0 aliphatic carbocycles. The second kappa shape index (κ2) is 16.7. The lowest BCUT2D eigenvalue weighted by atomic mass is 9.98. The highest BCUT2D eigenvalue weighted by molar-refractivity contribution is 5.98. The SMILES string of the molecule is CC(C)C[C@@H]1NC(=O)[C@H](Cc2ccccc2)NC(=O)[C@@H](Cc2ccccc2)NC(=O)[C@@H](CC(C)C)NC(=O)[C@H](C(C)C)NC1=O. The van der Waals surface area contributed by atoms with Crippen molar-refractivity contribution >= 4 is 29.5 Å². The van der Waals surface area contributed by atoms with Gasteiger partial charge in [-0.2, -0.15) is 0 Å². The minimum absolute atomic E-state index is 0.0455. The fourth-order valence-electron chi connectivity index (χ4n) is 5.39. The topological polar surface area (TPSA) is 146 Å². The summed E-state index contributed by atoms with van der Waals surface area (Å²) in [5.41, 5.74) is 1.63. The highest BCUT2D eigenvalue weighted by Crippen LogP contribution is 2.13. The van der Waals surface area contributed by atoms with Crippen LogP contribution >= 0.6 is 0 Å². The number of benzene rings is 2. The average molecular weight is 620 g/mol. The molecule has 0 bridgehead atoms. The van der Waals surface area contributed by atoms with Crippen LogP contribution in [0, 0.1) is 17.8 Å². The first-order valence-electron chi connectivity index (χ1n) is 15.9. The molecule has 5 amide bonds. The second-order valence-electron chi connectivity index (χ2n) is 13.1. The Morgan fingerprint density at radius 2 is 0.800 bits per heavy atom. The summed E-state index contributed by atoms with van der Waals surface area (Å²) in [5, 5.41) is 14.3. The van der Waals surface area contributed by atoms with Gasteiger partial charge in [-0.1, -0.05) is 102 Å². The molecule has 1 fully saturated rings. The van der Waals surface area contributed by atoms with Crippen molar-refractivity contribution in [3.8, 4) is 0 Å². The van der Waals surface area contributed by atoms with Crippen molar-refractivity contribution in [1.82, 2.24) is 26.6 Å². The molecule has 0 spiro atoms. The van der Waals surface area contributed by atoms with Crippen LogP contribution in [0.25, 0.3) is 0 Å². The van der Waals surface area contributed by atoms with Crippen molar-refractivity contribution < 1.29 is 24.0 Å². The lowest BCUT2D eigenvalue weighted by molar-refractivity contribution is -0.135. The van der Waals surface area contributed by atoms with Gasteiger partial charge in [-0.05, 0) is 41.7 Å². The van der Waals surface area contributed by atoms with Crippen LogP contribution in [-0.2, 0) is 36.8 Å². The van der Waals surface area contributed by atoms with E-state index in [0.717, 1.165) is 11.1 Å². The summed E-state index contributed by atoms with van der Waals surface area (Å²) in [6.45, 7) is 11.4. The van der Waals surface area contributed by atoms with Gasteiger partial charge >= 0.3 is 0 Å². The van der Waals surface area contributed by atoms with Crippen LogP contribution < -0.4 is 26.6 Å². The first-order chi connectivity index (χ1) is 21.3. The molecule has 244 valence electrons. The molecule has 10 nitrogen and oxygen atoms in total. The van der Waals surface area contributed by atoms with Gasteiger partial charge in [-0.3, -0.25) is 24.0 Å². The van der Waals surface area contributed by atoms with Gasteiger partial charge in [-0.15, -0.1) is 0 Å². The van der Waals surface area contributed by atoms with E-state index in [9.17, 15) is 24.0 Å². The fourth-order valence-corrected chi connectivity index (χ4v) is 5.39.